The Morgan fingerprint density at radius 3 is 2.39 bits per heavy atom. The van der Waals surface area contributed by atoms with E-state index in [0.29, 0.717) is 18.1 Å². The molecule has 1 N–H and O–H groups in total. The fraction of sp³-hybridized carbons (Fsp3) is 0.588. The molecule has 1 aromatic carbocycles. The van der Waals surface area contributed by atoms with Gasteiger partial charge in [0.1, 0.15) is 0 Å². The maximum atomic E-state index is 12.7. The lowest BCUT2D eigenvalue weighted by atomic mass is 9.98. The van der Waals surface area contributed by atoms with Crippen LogP contribution in [0.4, 0.5) is 0 Å². The van der Waals surface area contributed by atoms with Crippen LogP contribution in [0, 0.1) is 0 Å². The molecule has 2 bridgehead atoms. The lowest BCUT2D eigenvalue weighted by Gasteiger charge is -2.36. The van der Waals surface area contributed by atoms with Crippen LogP contribution in [0.15, 0.2) is 33.6 Å². The number of hydrogen-bond acceptors (Lipinski definition) is 3. The molecule has 2 aliphatic rings. The Kier molecular flexibility index (Phi) is 6.84. The van der Waals surface area contributed by atoms with Gasteiger partial charge >= 0.3 is 0 Å². The number of halogens is 2. The maximum absolute atomic E-state index is 12.7. The molecule has 0 radical (unpaired) electrons. The van der Waals surface area contributed by atoms with E-state index in [9.17, 15) is 4.79 Å². The Balaban J connectivity index is 0.00000192. The highest BCUT2D eigenvalue weighted by Crippen LogP contribution is 2.31. The van der Waals surface area contributed by atoms with Gasteiger partial charge in [0.25, 0.3) is 0 Å². The van der Waals surface area contributed by atoms with Crippen LogP contribution in [0.5, 0.6) is 0 Å². The number of nitrogens with zero attached hydrogens (tertiary/aromatic N) is 1. The molecule has 3 nitrogen and oxygen atoms in total. The molecule has 0 aromatic heterocycles. The van der Waals surface area contributed by atoms with Crippen molar-refractivity contribution in [1.82, 2.24) is 10.2 Å². The first-order chi connectivity index (χ1) is 10.5. The summed E-state index contributed by atoms with van der Waals surface area (Å²) in [5.41, 5.74) is 0. The van der Waals surface area contributed by atoms with Gasteiger partial charge in [-0.2, -0.15) is 0 Å². The fourth-order valence-electron chi connectivity index (χ4n) is 3.58. The van der Waals surface area contributed by atoms with E-state index in [1.807, 2.05) is 31.0 Å². The van der Waals surface area contributed by atoms with Crippen LogP contribution < -0.4 is 5.32 Å². The summed E-state index contributed by atoms with van der Waals surface area (Å²) in [5.74, 6) is 0.249. The van der Waals surface area contributed by atoms with Crippen LogP contribution in [-0.4, -0.2) is 41.2 Å². The van der Waals surface area contributed by atoms with E-state index in [1.54, 1.807) is 11.8 Å². The second-order valence-electron chi connectivity index (χ2n) is 6.43. The number of nitrogens with one attached hydrogen (secondary N) is 1. The van der Waals surface area contributed by atoms with Crippen LogP contribution in [0.1, 0.15) is 32.6 Å². The number of rotatable bonds is 4. The van der Waals surface area contributed by atoms with Gasteiger partial charge in [-0.1, -0.05) is 15.9 Å². The van der Waals surface area contributed by atoms with Gasteiger partial charge in [0.05, 0.1) is 5.25 Å². The van der Waals surface area contributed by atoms with E-state index < -0.39 is 0 Å². The smallest absolute Gasteiger partial charge is 0.235 e. The topological polar surface area (TPSA) is 32.3 Å². The Bertz CT molecular complexity index is 530. The zero-order valence-electron chi connectivity index (χ0n) is 13.5. The van der Waals surface area contributed by atoms with Gasteiger partial charge in [-0.25, -0.2) is 0 Å². The van der Waals surface area contributed by atoms with Crippen molar-refractivity contribution in [2.45, 2.75) is 60.9 Å². The molecular weight excluding hydrogens is 396 g/mol. The van der Waals surface area contributed by atoms with Gasteiger partial charge < -0.3 is 10.2 Å². The minimum atomic E-state index is -0.0429. The Hall–Kier alpha value is -0.230. The van der Waals surface area contributed by atoms with E-state index >= 15 is 0 Å². The predicted octanol–water partition coefficient (Wildman–Crippen LogP) is 4.09. The number of amides is 1. The lowest BCUT2D eigenvalue weighted by Crippen LogP contribution is -2.50. The number of carbonyl (C=O) groups excluding carboxylic acids is 1. The van der Waals surface area contributed by atoms with Crippen molar-refractivity contribution in [1.29, 1.82) is 0 Å². The van der Waals surface area contributed by atoms with E-state index in [0.717, 1.165) is 22.2 Å². The van der Waals surface area contributed by atoms with Gasteiger partial charge in [-0.05, 0) is 56.9 Å². The highest BCUT2D eigenvalue weighted by atomic mass is 79.9. The van der Waals surface area contributed by atoms with Crippen molar-refractivity contribution in [2.24, 2.45) is 0 Å². The quantitative estimate of drug-likeness (QED) is 0.746. The molecule has 3 rings (SSSR count). The Morgan fingerprint density at radius 1 is 1.26 bits per heavy atom. The number of carbonyl (C=O) groups is 1. The van der Waals surface area contributed by atoms with Crippen molar-refractivity contribution in [3.05, 3.63) is 28.7 Å². The molecule has 3 unspecified atom stereocenters. The molecule has 0 aliphatic carbocycles. The normalized spacial score (nSPS) is 27.2. The zero-order chi connectivity index (χ0) is 15.7. The van der Waals surface area contributed by atoms with Crippen LogP contribution in [0.25, 0.3) is 0 Å². The first kappa shape index (κ1) is 19.1. The first-order valence-electron chi connectivity index (χ1n) is 7.98. The van der Waals surface area contributed by atoms with E-state index in [2.05, 4.69) is 33.4 Å². The fourth-order valence-corrected chi connectivity index (χ4v) is 4.81. The molecule has 3 atom stereocenters. The molecule has 23 heavy (non-hydrogen) atoms. The average molecular weight is 420 g/mol. The molecule has 0 saturated carbocycles. The second kappa shape index (κ2) is 8.24. The molecule has 2 aliphatic heterocycles. The number of fused-ring (bicyclic) bond motifs is 2. The Morgan fingerprint density at radius 2 is 1.83 bits per heavy atom. The highest BCUT2D eigenvalue weighted by molar-refractivity contribution is 9.10. The van der Waals surface area contributed by atoms with Gasteiger partial charge in [-0.15, -0.1) is 24.2 Å². The molecule has 6 heteroatoms. The largest absolute Gasteiger partial charge is 0.342 e. The van der Waals surface area contributed by atoms with E-state index in [-0.39, 0.29) is 23.6 Å². The summed E-state index contributed by atoms with van der Waals surface area (Å²) >= 11 is 5.08. The summed E-state index contributed by atoms with van der Waals surface area (Å²) in [6.07, 6.45) is 4.75. The standard InChI is InChI=1S/C17H23BrN2OS.ClH/c1-11(22-16-7-3-12(18)4-8-16)17(21)20(2)15-9-13-5-6-14(10-15)19-13;/h3-4,7-8,11,13-15,19H,5-6,9-10H2,1-2H3;1H. The molecule has 128 valence electrons. The van der Waals surface area contributed by atoms with E-state index in [1.165, 1.54) is 12.8 Å². The SMILES string of the molecule is CC(Sc1ccc(Br)cc1)C(=O)N(C)C1CC2CCC(C1)N2.Cl. The van der Waals surface area contributed by atoms with Gasteiger partial charge in [0.2, 0.25) is 5.91 Å². The summed E-state index contributed by atoms with van der Waals surface area (Å²) in [6, 6.07) is 9.80. The maximum Gasteiger partial charge on any atom is 0.235 e. The summed E-state index contributed by atoms with van der Waals surface area (Å²) in [6.45, 7) is 2.02. The molecule has 2 heterocycles. The summed E-state index contributed by atoms with van der Waals surface area (Å²) in [4.78, 5) is 15.9. The van der Waals surface area contributed by atoms with Crippen LogP contribution in [-0.2, 0) is 4.79 Å². The molecule has 2 fully saturated rings. The van der Waals surface area contributed by atoms with Crippen molar-refractivity contribution in [3.8, 4) is 0 Å². The van der Waals surface area contributed by atoms with Crippen molar-refractivity contribution in [2.75, 3.05) is 7.05 Å². The molecular formula is C17H24BrClN2OS. The summed E-state index contributed by atoms with van der Waals surface area (Å²) < 4.78 is 1.07. The highest BCUT2D eigenvalue weighted by Gasteiger charge is 2.37. The third-order valence-electron chi connectivity index (χ3n) is 4.82. The van der Waals surface area contributed by atoms with Gasteiger partial charge in [-0.3, -0.25) is 4.79 Å². The lowest BCUT2D eigenvalue weighted by molar-refractivity contribution is -0.131. The van der Waals surface area contributed by atoms with Crippen LogP contribution in [0.3, 0.4) is 0 Å². The summed E-state index contributed by atoms with van der Waals surface area (Å²) in [7, 11) is 1.98. The minimum Gasteiger partial charge on any atom is -0.342 e. The number of hydrogen-bond donors (Lipinski definition) is 1. The summed E-state index contributed by atoms with van der Waals surface area (Å²) in [5, 5.41) is 3.60. The van der Waals surface area contributed by atoms with E-state index in [4.69, 9.17) is 0 Å². The monoisotopic (exact) mass is 418 g/mol. The predicted molar refractivity (Wildman–Crippen MR) is 102 cm³/mol. The van der Waals surface area contributed by atoms with Crippen molar-refractivity contribution in [3.63, 3.8) is 0 Å². The number of piperidine rings is 1. The first-order valence-corrected chi connectivity index (χ1v) is 9.65. The van der Waals surface area contributed by atoms with Gasteiger partial charge in [0, 0.05) is 34.5 Å². The Labute approximate surface area is 157 Å². The number of thioether (sulfide) groups is 1. The van der Waals surface area contributed by atoms with Crippen LogP contribution >= 0.6 is 40.1 Å². The third kappa shape index (κ3) is 4.65. The van der Waals surface area contributed by atoms with Crippen molar-refractivity contribution >= 4 is 46.0 Å². The van der Waals surface area contributed by atoms with Gasteiger partial charge in [0.15, 0.2) is 0 Å². The number of benzene rings is 1. The minimum absolute atomic E-state index is 0. The molecule has 1 amide bonds. The van der Waals surface area contributed by atoms with Crippen LogP contribution in [0.2, 0.25) is 0 Å². The molecule has 2 saturated heterocycles. The average Bonchev–Trinajstić information content (AvgIpc) is 2.86. The molecule has 0 spiro atoms. The third-order valence-corrected chi connectivity index (χ3v) is 6.45. The second-order valence-corrected chi connectivity index (χ2v) is 8.76. The molecule has 1 aromatic rings. The zero-order valence-corrected chi connectivity index (χ0v) is 16.7. The van der Waals surface area contributed by atoms with Crippen molar-refractivity contribution < 1.29 is 4.79 Å².